The number of carbonyl (C=O) groups excluding carboxylic acids is 1. The van der Waals surface area contributed by atoms with E-state index in [2.05, 4.69) is 10.1 Å². The number of aryl methyl sites for hydroxylation is 2. The van der Waals surface area contributed by atoms with Crippen LogP contribution in [0.5, 0.6) is 0 Å². The lowest BCUT2D eigenvalue weighted by molar-refractivity contribution is -0.131. The van der Waals surface area contributed by atoms with E-state index in [1.807, 2.05) is 24.8 Å². The maximum atomic E-state index is 13.1. The second kappa shape index (κ2) is 8.11. The van der Waals surface area contributed by atoms with Gasteiger partial charge in [-0.1, -0.05) is 17.3 Å². The molecule has 7 heteroatoms. The van der Waals surface area contributed by atoms with Crippen LogP contribution < -0.4 is 0 Å². The predicted octanol–water partition coefficient (Wildman–Crippen LogP) is 3.84. The van der Waals surface area contributed by atoms with Gasteiger partial charge in [0.25, 0.3) is 0 Å². The minimum absolute atomic E-state index is 0.0455. The molecule has 0 aliphatic carbocycles. The average Bonchev–Trinajstić information content (AvgIpc) is 3.16. The van der Waals surface area contributed by atoms with E-state index < -0.39 is 0 Å². The molecular formula is C22H23FN4O2. The van der Waals surface area contributed by atoms with Crippen molar-refractivity contribution < 1.29 is 13.7 Å². The molecule has 4 rings (SSSR count). The van der Waals surface area contributed by atoms with Gasteiger partial charge in [-0.2, -0.15) is 0 Å². The van der Waals surface area contributed by atoms with Crippen LogP contribution in [0.2, 0.25) is 0 Å². The monoisotopic (exact) mass is 394 g/mol. The Bertz CT molecular complexity index is 1020. The van der Waals surface area contributed by atoms with Gasteiger partial charge in [0.1, 0.15) is 11.6 Å². The van der Waals surface area contributed by atoms with Gasteiger partial charge >= 0.3 is 0 Å². The molecule has 3 heterocycles. The van der Waals surface area contributed by atoms with E-state index in [1.165, 1.54) is 12.1 Å². The number of benzene rings is 1. The van der Waals surface area contributed by atoms with E-state index in [9.17, 15) is 9.18 Å². The molecule has 1 atom stereocenters. The molecule has 1 fully saturated rings. The molecule has 29 heavy (non-hydrogen) atoms. The number of hydrogen-bond donors (Lipinski definition) is 0. The summed E-state index contributed by atoms with van der Waals surface area (Å²) in [6.07, 6.45) is 3.88. The summed E-state index contributed by atoms with van der Waals surface area (Å²) in [5.74, 6) is 1.18. The Labute approximate surface area is 168 Å². The van der Waals surface area contributed by atoms with Crippen LogP contribution in [0.25, 0.3) is 11.3 Å². The molecule has 0 saturated carbocycles. The van der Waals surface area contributed by atoms with E-state index in [-0.39, 0.29) is 24.1 Å². The topological polar surface area (TPSA) is 72.1 Å². The van der Waals surface area contributed by atoms with Crippen molar-refractivity contribution in [3.63, 3.8) is 0 Å². The lowest BCUT2D eigenvalue weighted by Gasteiger charge is -2.33. The van der Waals surface area contributed by atoms with Crippen LogP contribution in [0.4, 0.5) is 4.39 Å². The highest BCUT2D eigenvalue weighted by Crippen LogP contribution is 2.33. The summed E-state index contributed by atoms with van der Waals surface area (Å²) in [5, 5.41) is 3.98. The number of halogens is 1. The van der Waals surface area contributed by atoms with Gasteiger partial charge in [0, 0.05) is 31.3 Å². The Morgan fingerprint density at radius 2 is 2.07 bits per heavy atom. The summed E-state index contributed by atoms with van der Waals surface area (Å²) in [7, 11) is 0. The number of hydrogen-bond acceptors (Lipinski definition) is 5. The second-order valence-electron chi connectivity index (χ2n) is 7.53. The van der Waals surface area contributed by atoms with Crippen molar-refractivity contribution in [3.8, 4) is 11.3 Å². The minimum Gasteiger partial charge on any atom is -0.356 e. The summed E-state index contributed by atoms with van der Waals surface area (Å²) < 4.78 is 18.6. The molecule has 2 aromatic heterocycles. The minimum atomic E-state index is -0.298. The van der Waals surface area contributed by atoms with Gasteiger partial charge in [-0.25, -0.2) is 14.4 Å². The number of carbonyl (C=O) groups is 1. The number of nitrogens with zero attached hydrogens (tertiary/aromatic N) is 4. The Morgan fingerprint density at radius 3 is 2.79 bits per heavy atom. The first kappa shape index (κ1) is 19.2. The standard InChI is InChI=1S/C22H23FN4O2/c1-14-10-20(29-26-14)19-12-24-15(2)25-22(19)17-4-3-9-27(13-17)21(28)11-16-5-7-18(23)8-6-16/h5-8,10,12,17H,3-4,9,11,13H2,1-2H3/t17-/m0/s1. The molecule has 0 bridgehead atoms. The zero-order chi connectivity index (χ0) is 20.4. The molecule has 0 radical (unpaired) electrons. The van der Waals surface area contributed by atoms with Gasteiger partial charge < -0.3 is 9.42 Å². The summed E-state index contributed by atoms with van der Waals surface area (Å²) in [4.78, 5) is 23.7. The van der Waals surface area contributed by atoms with Crippen molar-refractivity contribution in [3.05, 3.63) is 65.1 Å². The highest BCUT2D eigenvalue weighted by molar-refractivity contribution is 5.79. The number of piperidine rings is 1. The first-order valence-corrected chi connectivity index (χ1v) is 9.79. The normalized spacial score (nSPS) is 16.8. The van der Waals surface area contributed by atoms with Gasteiger partial charge in [-0.15, -0.1) is 0 Å². The van der Waals surface area contributed by atoms with Gasteiger partial charge in [0.15, 0.2) is 5.76 Å². The largest absolute Gasteiger partial charge is 0.356 e. The molecule has 150 valence electrons. The number of aromatic nitrogens is 3. The van der Waals surface area contributed by atoms with Crippen molar-refractivity contribution >= 4 is 5.91 Å². The van der Waals surface area contributed by atoms with E-state index in [4.69, 9.17) is 9.51 Å². The molecule has 0 unspecified atom stereocenters. The molecular weight excluding hydrogens is 371 g/mol. The molecule has 1 saturated heterocycles. The van der Waals surface area contributed by atoms with E-state index in [1.54, 1.807) is 18.3 Å². The quantitative estimate of drug-likeness (QED) is 0.672. The Kier molecular flexibility index (Phi) is 5.38. The molecule has 3 aromatic rings. The maximum absolute atomic E-state index is 13.1. The van der Waals surface area contributed by atoms with Crippen LogP contribution in [0, 0.1) is 19.7 Å². The smallest absolute Gasteiger partial charge is 0.227 e. The SMILES string of the molecule is Cc1cc(-c2cnc(C)nc2[C@H]2CCCN(C(=O)Cc3ccc(F)cc3)C2)on1. The second-order valence-corrected chi connectivity index (χ2v) is 7.53. The van der Waals surface area contributed by atoms with Crippen LogP contribution in [-0.2, 0) is 11.2 Å². The summed E-state index contributed by atoms with van der Waals surface area (Å²) in [5.41, 5.74) is 3.34. The summed E-state index contributed by atoms with van der Waals surface area (Å²) >= 11 is 0. The fourth-order valence-electron chi connectivity index (χ4n) is 3.79. The third-order valence-electron chi connectivity index (χ3n) is 5.26. The third kappa shape index (κ3) is 4.34. The fraction of sp³-hybridized carbons (Fsp3) is 0.364. The molecule has 0 N–H and O–H groups in total. The van der Waals surface area contributed by atoms with E-state index in [0.29, 0.717) is 18.1 Å². The highest BCUT2D eigenvalue weighted by Gasteiger charge is 2.28. The maximum Gasteiger partial charge on any atom is 0.227 e. The summed E-state index contributed by atoms with van der Waals surface area (Å²) in [6, 6.07) is 7.96. The van der Waals surface area contributed by atoms with Crippen LogP contribution in [0.3, 0.4) is 0 Å². The van der Waals surface area contributed by atoms with Crippen LogP contribution >= 0.6 is 0 Å². The third-order valence-corrected chi connectivity index (χ3v) is 5.26. The van der Waals surface area contributed by atoms with Gasteiger partial charge in [-0.05, 0) is 44.4 Å². The van der Waals surface area contributed by atoms with Crippen molar-refractivity contribution in [2.24, 2.45) is 0 Å². The number of likely N-dealkylation sites (tertiary alicyclic amines) is 1. The van der Waals surface area contributed by atoms with Crippen molar-refractivity contribution in [1.29, 1.82) is 0 Å². The zero-order valence-electron chi connectivity index (χ0n) is 16.6. The Hall–Kier alpha value is -3.09. The first-order chi connectivity index (χ1) is 14.0. The van der Waals surface area contributed by atoms with Gasteiger partial charge in [0.05, 0.1) is 23.4 Å². The van der Waals surface area contributed by atoms with Crippen LogP contribution in [0.1, 0.15) is 41.5 Å². The van der Waals surface area contributed by atoms with Gasteiger partial charge in [-0.3, -0.25) is 4.79 Å². The van der Waals surface area contributed by atoms with Crippen LogP contribution in [-0.4, -0.2) is 39.0 Å². The molecule has 1 aliphatic rings. The van der Waals surface area contributed by atoms with Crippen molar-refractivity contribution in [1.82, 2.24) is 20.0 Å². The average molecular weight is 394 g/mol. The molecule has 1 aromatic carbocycles. The van der Waals surface area contributed by atoms with Crippen LogP contribution in [0.15, 0.2) is 41.1 Å². The summed E-state index contributed by atoms with van der Waals surface area (Å²) in [6.45, 7) is 5.05. The van der Waals surface area contributed by atoms with Crippen molar-refractivity contribution in [2.75, 3.05) is 13.1 Å². The van der Waals surface area contributed by atoms with Gasteiger partial charge in [0.2, 0.25) is 5.91 Å². The highest BCUT2D eigenvalue weighted by atomic mass is 19.1. The number of amides is 1. The predicted molar refractivity (Wildman–Crippen MR) is 106 cm³/mol. The van der Waals surface area contributed by atoms with E-state index in [0.717, 1.165) is 41.9 Å². The molecule has 1 amide bonds. The fourth-order valence-corrected chi connectivity index (χ4v) is 3.79. The zero-order valence-corrected chi connectivity index (χ0v) is 16.6. The molecule has 1 aliphatic heterocycles. The lowest BCUT2D eigenvalue weighted by Crippen LogP contribution is -2.40. The van der Waals surface area contributed by atoms with Crippen molar-refractivity contribution in [2.45, 2.75) is 39.0 Å². The lowest BCUT2D eigenvalue weighted by atomic mass is 9.91. The van der Waals surface area contributed by atoms with E-state index >= 15 is 0 Å². The first-order valence-electron chi connectivity index (χ1n) is 9.79. The Morgan fingerprint density at radius 1 is 1.28 bits per heavy atom. The number of rotatable bonds is 4. The molecule has 6 nitrogen and oxygen atoms in total. The molecule has 0 spiro atoms. The Balaban J connectivity index is 1.54.